The van der Waals surface area contributed by atoms with Crippen molar-refractivity contribution in [2.24, 2.45) is 0 Å². The highest BCUT2D eigenvalue weighted by atomic mass is 32.2. The molecule has 202 valence electrons. The molecule has 0 fully saturated rings. The lowest BCUT2D eigenvalue weighted by Crippen LogP contribution is -2.29. The minimum atomic E-state index is -4.63. The molecule has 0 unspecified atom stereocenters. The first-order valence-electron chi connectivity index (χ1n) is 11.3. The Kier molecular flexibility index (Phi) is 7.69. The van der Waals surface area contributed by atoms with Gasteiger partial charge in [0.25, 0.3) is 5.69 Å². The maximum absolute atomic E-state index is 13.5. The smallest absolute Gasteiger partial charge is 0.293 e. The molecule has 0 radical (unpaired) electrons. The molecule has 0 aromatic heterocycles. The Hall–Kier alpha value is -3.93. The van der Waals surface area contributed by atoms with Crippen molar-refractivity contribution >= 4 is 29.0 Å². The fraction of sp³-hybridized carbons (Fsp3) is 0.185. The van der Waals surface area contributed by atoms with Crippen molar-refractivity contribution in [3.8, 4) is 0 Å². The van der Waals surface area contributed by atoms with Gasteiger partial charge in [-0.15, -0.1) is 11.8 Å². The topological polar surface area (TPSA) is 77.3 Å². The molecule has 0 aliphatic carbocycles. The van der Waals surface area contributed by atoms with E-state index in [1.54, 1.807) is 6.07 Å². The summed E-state index contributed by atoms with van der Waals surface area (Å²) in [4.78, 5) is 37.7. The van der Waals surface area contributed by atoms with Gasteiger partial charge in [0.15, 0.2) is 11.6 Å². The number of nitro benzene ring substituents is 1. The number of Topliss-reactive ketones (excluding diaryl/α,β-unsaturated/α-hetero) is 2. The van der Waals surface area contributed by atoms with Crippen LogP contribution in [0.15, 0.2) is 83.8 Å². The number of carbonyl (C=O) groups is 2. The summed E-state index contributed by atoms with van der Waals surface area (Å²) >= 11 is 0.775. The van der Waals surface area contributed by atoms with Crippen molar-refractivity contribution in [3.05, 3.63) is 122 Å². The van der Waals surface area contributed by atoms with Gasteiger partial charge in [-0.05, 0) is 30.7 Å². The van der Waals surface area contributed by atoms with E-state index in [-0.39, 0.29) is 33.7 Å². The van der Waals surface area contributed by atoms with Gasteiger partial charge >= 0.3 is 12.4 Å². The standard InChI is InChI=1S/C27H17F6NO4S/c28-26(29,30)17-9-5-15(6-10-17)23(35)22-14-13-20(19-3-1-2-4-21(19)34(37)38)25(39-22)24(36)16-7-11-18(12-8-16)27(31,32)33/h1-12,14,20,25H,13H2/t20-,25+/m0/s1. The first-order chi connectivity index (χ1) is 18.3. The minimum Gasteiger partial charge on any atom is -0.293 e. The van der Waals surface area contributed by atoms with Crippen LogP contribution in [0.4, 0.5) is 32.0 Å². The van der Waals surface area contributed by atoms with Gasteiger partial charge in [-0.3, -0.25) is 19.7 Å². The maximum atomic E-state index is 13.5. The Bertz CT molecular complexity index is 1450. The first kappa shape index (κ1) is 28.1. The van der Waals surface area contributed by atoms with E-state index in [9.17, 15) is 46.0 Å². The van der Waals surface area contributed by atoms with E-state index in [0.717, 1.165) is 60.3 Å². The average molecular weight is 565 g/mol. The van der Waals surface area contributed by atoms with Gasteiger partial charge in [-0.25, -0.2) is 0 Å². The Balaban J connectivity index is 1.71. The third-order valence-electron chi connectivity index (χ3n) is 6.16. The molecule has 5 nitrogen and oxygen atoms in total. The molecule has 0 amide bonds. The third-order valence-corrected chi connectivity index (χ3v) is 7.57. The van der Waals surface area contributed by atoms with Crippen molar-refractivity contribution in [2.75, 3.05) is 0 Å². The van der Waals surface area contributed by atoms with Crippen LogP contribution in [0.1, 0.15) is 49.7 Å². The van der Waals surface area contributed by atoms with Crippen molar-refractivity contribution in [1.29, 1.82) is 0 Å². The highest BCUT2D eigenvalue weighted by Crippen LogP contribution is 2.45. The molecule has 3 aromatic carbocycles. The quantitative estimate of drug-likeness (QED) is 0.132. The van der Waals surface area contributed by atoms with Gasteiger partial charge in [0, 0.05) is 28.7 Å². The van der Waals surface area contributed by atoms with Gasteiger partial charge in [0.1, 0.15) is 0 Å². The molecule has 39 heavy (non-hydrogen) atoms. The molecule has 0 saturated carbocycles. The van der Waals surface area contributed by atoms with Gasteiger partial charge in [-0.2, -0.15) is 26.3 Å². The average Bonchev–Trinajstić information content (AvgIpc) is 2.91. The summed E-state index contributed by atoms with van der Waals surface area (Å²) in [5.41, 5.74) is -2.13. The van der Waals surface area contributed by atoms with Crippen LogP contribution in [0, 0.1) is 10.1 Å². The van der Waals surface area contributed by atoms with Crippen LogP contribution < -0.4 is 0 Å². The van der Waals surface area contributed by atoms with Crippen LogP contribution in [-0.4, -0.2) is 21.7 Å². The summed E-state index contributed by atoms with van der Waals surface area (Å²) < 4.78 is 77.8. The summed E-state index contributed by atoms with van der Waals surface area (Å²) in [7, 11) is 0. The summed E-state index contributed by atoms with van der Waals surface area (Å²) in [6.45, 7) is 0. The van der Waals surface area contributed by atoms with Crippen molar-refractivity contribution in [2.45, 2.75) is 29.9 Å². The fourth-order valence-corrected chi connectivity index (χ4v) is 5.56. The zero-order valence-corrected chi connectivity index (χ0v) is 20.4. The molecular formula is C27H17F6NO4S. The molecule has 0 N–H and O–H groups in total. The van der Waals surface area contributed by atoms with Gasteiger partial charge < -0.3 is 0 Å². The minimum absolute atomic E-state index is 0.00337. The molecule has 1 aliphatic heterocycles. The number of benzene rings is 3. The van der Waals surface area contributed by atoms with E-state index in [2.05, 4.69) is 0 Å². The summed E-state index contributed by atoms with van der Waals surface area (Å²) in [6.07, 6.45) is -7.77. The Morgan fingerprint density at radius 3 is 1.82 bits per heavy atom. The molecule has 2 atom stereocenters. The third kappa shape index (κ3) is 6.06. The Morgan fingerprint density at radius 1 is 0.795 bits per heavy atom. The number of para-hydroxylation sites is 1. The predicted molar refractivity (Wildman–Crippen MR) is 131 cm³/mol. The van der Waals surface area contributed by atoms with Gasteiger partial charge in [-0.1, -0.05) is 48.5 Å². The normalized spacial score (nSPS) is 17.8. The summed E-state index contributed by atoms with van der Waals surface area (Å²) in [5, 5.41) is 10.5. The number of hydrogen-bond acceptors (Lipinski definition) is 5. The summed E-state index contributed by atoms with van der Waals surface area (Å²) in [6, 6.07) is 12.7. The van der Waals surface area contributed by atoms with Gasteiger partial charge in [0.2, 0.25) is 0 Å². The second-order valence-electron chi connectivity index (χ2n) is 8.61. The monoisotopic (exact) mass is 565 g/mol. The molecule has 0 spiro atoms. The number of halogens is 6. The molecule has 4 rings (SSSR count). The number of alkyl halides is 6. The van der Waals surface area contributed by atoms with Crippen LogP contribution >= 0.6 is 11.8 Å². The molecule has 0 bridgehead atoms. The van der Waals surface area contributed by atoms with Crippen molar-refractivity contribution in [1.82, 2.24) is 0 Å². The number of ketones is 2. The zero-order valence-electron chi connectivity index (χ0n) is 19.6. The van der Waals surface area contributed by atoms with Crippen LogP contribution in [0.3, 0.4) is 0 Å². The highest BCUT2D eigenvalue weighted by Gasteiger charge is 2.39. The van der Waals surface area contributed by atoms with E-state index >= 15 is 0 Å². The largest absolute Gasteiger partial charge is 0.416 e. The van der Waals surface area contributed by atoms with E-state index in [4.69, 9.17) is 0 Å². The van der Waals surface area contributed by atoms with Crippen LogP contribution in [0.5, 0.6) is 0 Å². The number of hydrogen-bond donors (Lipinski definition) is 0. The Labute approximate surface area is 221 Å². The second kappa shape index (κ2) is 10.7. The summed E-state index contributed by atoms with van der Waals surface area (Å²) in [5.74, 6) is -2.11. The lowest BCUT2D eigenvalue weighted by molar-refractivity contribution is -0.385. The molecular weight excluding hydrogens is 548 g/mol. The number of nitro groups is 1. The van der Waals surface area contributed by atoms with E-state index in [1.807, 2.05) is 0 Å². The van der Waals surface area contributed by atoms with Crippen LogP contribution in [-0.2, 0) is 12.4 Å². The first-order valence-corrected chi connectivity index (χ1v) is 12.2. The zero-order chi connectivity index (χ0) is 28.5. The molecule has 3 aromatic rings. The molecule has 12 heteroatoms. The van der Waals surface area contributed by atoms with Gasteiger partial charge in [0.05, 0.1) is 26.2 Å². The number of carbonyl (C=O) groups excluding carboxylic acids is 2. The van der Waals surface area contributed by atoms with Crippen molar-refractivity contribution < 1.29 is 40.9 Å². The lowest BCUT2D eigenvalue weighted by Gasteiger charge is -2.30. The fourth-order valence-electron chi connectivity index (χ4n) is 4.21. The highest BCUT2D eigenvalue weighted by molar-refractivity contribution is 8.05. The molecule has 1 aliphatic rings. The number of nitrogens with zero attached hydrogens (tertiary/aromatic N) is 1. The second-order valence-corrected chi connectivity index (χ2v) is 9.79. The molecule has 0 saturated heterocycles. The Morgan fingerprint density at radius 2 is 1.31 bits per heavy atom. The lowest BCUT2D eigenvalue weighted by atomic mass is 9.86. The SMILES string of the molecule is O=C(C1=CC[C@@H](c2ccccc2[N+](=O)[O-])[C@H](C(=O)c2ccc(C(F)(F)F)cc2)S1)c1ccc(C(F)(F)F)cc1. The predicted octanol–water partition coefficient (Wildman–Crippen LogP) is 7.87. The molecule has 1 heterocycles. The van der Waals surface area contributed by atoms with E-state index < -0.39 is 51.1 Å². The van der Waals surface area contributed by atoms with Crippen LogP contribution in [0.25, 0.3) is 0 Å². The number of thioether (sulfide) groups is 1. The van der Waals surface area contributed by atoms with E-state index in [1.165, 1.54) is 24.3 Å². The van der Waals surface area contributed by atoms with Crippen LogP contribution in [0.2, 0.25) is 0 Å². The number of allylic oxidation sites excluding steroid dienone is 2. The van der Waals surface area contributed by atoms with E-state index in [0.29, 0.717) is 0 Å². The number of rotatable bonds is 6. The maximum Gasteiger partial charge on any atom is 0.416 e. The van der Waals surface area contributed by atoms with Crippen molar-refractivity contribution in [3.63, 3.8) is 0 Å².